The average Bonchev–Trinajstić information content (AvgIpc) is 2.52. The number of hydrogen-bond acceptors (Lipinski definition) is 3. The number of H-pyrrole nitrogens is 1. The van der Waals surface area contributed by atoms with E-state index in [1.807, 2.05) is 0 Å². The van der Waals surface area contributed by atoms with Gasteiger partial charge in [-0.2, -0.15) is 13.2 Å². The van der Waals surface area contributed by atoms with Gasteiger partial charge < -0.3 is 10.3 Å². The summed E-state index contributed by atoms with van der Waals surface area (Å²) in [5, 5.41) is 2.52. The van der Waals surface area contributed by atoms with E-state index in [4.69, 9.17) is 11.6 Å². The van der Waals surface area contributed by atoms with Crippen LogP contribution in [0.4, 0.5) is 13.2 Å². The van der Waals surface area contributed by atoms with Gasteiger partial charge in [0.25, 0.3) is 11.5 Å². The monoisotopic (exact) mass is 387 g/mol. The number of hydrogen-bond donors (Lipinski definition) is 2. The van der Waals surface area contributed by atoms with Crippen molar-refractivity contribution in [1.82, 2.24) is 15.3 Å². The lowest BCUT2D eigenvalue weighted by atomic mass is 9.93. The number of aromatic amines is 1. The fourth-order valence-electron chi connectivity index (χ4n) is 2.41. The molecule has 1 amide bonds. The van der Waals surface area contributed by atoms with Gasteiger partial charge in [-0.25, -0.2) is 4.98 Å². The first kappa shape index (κ1) is 20.0. The summed E-state index contributed by atoms with van der Waals surface area (Å²) >= 11 is 6.00. The molecule has 0 saturated carbocycles. The third kappa shape index (κ3) is 4.43. The Kier molecular flexibility index (Phi) is 5.46. The van der Waals surface area contributed by atoms with Crippen LogP contribution >= 0.6 is 11.6 Å². The molecule has 2 aromatic rings. The molecule has 0 aliphatic rings. The van der Waals surface area contributed by atoms with E-state index < -0.39 is 28.7 Å². The Balaban J connectivity index is 2.32. The van der Waals surface area contributed by atoms with Crippen LogP contribution in [0.15, 0.2) is 29.1 Å². The van der Waals surface area contributed by atoms with E-state index in [2.05, 4.69) is 15.3 Å². The third-order valence-corrected chi connectivity index (χ3v) is 4.07. The molecule has 2 rings (SSSR count). The lowest BCUT2D eigenvalue weighted by Crippen LogP contribution is -2.42. The predicted molar refractivity (Wildman–Crippen MR) is 91.2 cm³/mol. The highest BCUT2D eigenvalue weighted by molar-refractivity contribution is 6.31. The number of benzene rings is 1. The smallest absolute Gasteiger partial charge is 0.342 e. The van der Waals surface area contributed by atoms with Crippen LogP contribution in [-0.2, 0) is 18.1 Å². The Morgan fingerprint density at radius 1 is 1.27 bits per heavy atom. The highest BCUT2D eigenvalue weighted by Crippen LogP contribution is 2.35. The number of amides is 1. The number of carbonyl (C=O) groups excluding carboxylic acids is 1. The lowest BCUT2D eigenvalue weighted by Gasteiger charge is -2.28. The van der Waals surface area contributed by atoms with E-state index in [9.17, 15) is 22.8 Å². The molecule has 2 N–H and O–H groups in total. The van der Waals surface area contributed by atoms with Crippen molar-refractivity contribution in [3.8, 4) is 0 Å². The van der Waals surface area contributed by atoms with Gasteiger partial charge in [-0.1, -0.05) is 24.6 Å². The van der Waals surface area contributed by atoms with Gasteiger partial charge in [-0.05, 0) is 31.5 Å². The summed E-state index contributed by atoms with van der Waals surface area (Å²) < 4.78 is 38.3. The van der Waals surface area contributed by atoms with Crippen molar-refractivity contribution < 1.29 is 18.0 Å². The Labute approximate surface area is 152 Å². The Bertz CT molecular complexity index is 892. The van der Waals surface area contributed by atoms with Crippen molar-refractivity contribution in [2.75, 3.05) is 0 Å². The number of carbonyl (C=O) groups is 1. The second-order valence-corrected chi connectivity index (χ2v) is 6.61. The van der Waals surface area contributed by atoms with Crippen molar-refractivity contribution in [3.05, 3.63) is 62.3 Å². The maximum absolute atomic E-state index is 12.8. The van der Waals surface area contributed by atoms with Crippen molar-refractivity contribution in [1.29, 1.82) is 0 Å². The topological polar surface area (TPSA) is 74.8 Å². The Hall–Kier alpha value is -2.35. The molecule has 0 unspecified atom stereocenters. The van der Waals surface area contributed by atoms with Gasteiger partial charge in [0.1, 0.15) is 11.5 Å². The minimum Gasteiger partial charge on any atom is -0.342 e. The standard InChI is InChI=1S/C17H17ClF3N3O2/c1-4-13-22-12(8-14(25)23-13)15(26)24-16(2,3)10-6-5-9(7-11(10)18)17(19,20)21/h5-8H,4H2,1-3H3,(H,24,26)(H,22,23,25). The maximum Gasteiger partial charge on any atom is 0.416 e. The SMILES string of the molecule is CCc1nc(C(=O)NC(C)(C)c2ccc(C(F)(F)F)cc2Cl)cc(=O)[nH]1. The summed E-state index contributed by atoms with van der Waals surface area (Å²) in [6.45, 7) is 4.95. The number of aryl methyl sites for hydroxylation is 1. The molecule has 1 aromatic carbocycles. The Morgan fingerprint density at radius 3 is 2.46 bits per heavy atom. The van der Waals surface area contributed by atoms with Crippen LogP contribution < -0.4 is 10.9 Å². The number of rotatable bonds is 4. The molecule has 0 saturated heterocycles. The summed E-state index contributed by atoms with van der Waals surface area (Å²) in [5.41, 5.74) is -2.21. The normalized spacial score (nSPS) is 12.1. The van der Waals surface area contributed by atoms with Gasteiger partial charge >= 0.3 is 6.18 Å². The number of alkyl halides is 3. The molecule has 26 heavy (non-hydrogen) atoms. The zero-order valence-electron chi connectivity index (χ0n) is 14.3. The summed E-state index contributed by atoms with van der Waals surface area (Å²) in [5.74, 6) is -0.278. The quantitative estimate of drug-likeness (QED) is 0.840. The molecular formula is C17H17ClF3N3O2. The van der Waals surface area contributed by atoms with E-state index in [0.717, 1.165) is 18.2 Å². The first-order valence-corrected chi connectivity index (χ1v) is 8.12. The average molecular weight is 388 g/mol. The molecule has 9 heteroatoms. The highest BCUT2D eigenvalue weighted by Gasteiger charge is 2.33. The molecule has 0 spiro atoms. The minimum absolute atomic E-state index is 0.0818. The fraction of sp³-hybridized carbons (Fsp3) is 0.353. The zero-order valence-corrected chi connectivity index (χ0v) is 15.0. The van der Waals surface area contributed by atoms with Gasteiger partial charge in [-0.15, -0.1) is 0 Å². The summed E-state index contributed by atoms with van der Waals surface area (Å²) in [4.78, 5) is 30.6. The van der Waals surface area contributed by atoms with E-state index >= 15 is 0 Å². The number of aromatic nitrogens is 2. The maximum atomic E-state index is 12.8. The second kappa shape index (κ2) is 7.11. The van der Waals surface area contributed by atoms with Crippen LogP contribution in [0.2, 0.25) is 5.02 Å². The van der Waals surface area contributed by atoms with Crippen LogP contribution in [-0.4, -0.2) is 15.9 Å². The first-order valence-electron chi connectivity index (χ1n) is 7.74. The van der Waals surface area contributed by atoms with Crippen LogP contribution in [0.1, 0.15) is 48.2 Å². The molecular weight excluding hydrogens is 371 g/mol. The first-order chi connectivity index (χ1) is 11.9. The minimum atomic E-state index is -4.51. The van der Waals surface area contributed by atoms with Crippen molar-refractivity contribution in [2.45, 2.75) is 38.9 Å². The van der Waals surface area contributed by atoms with Crippen molar-refractivity contribution in [3.63, 3.8) is 0 Å². The second-order valence-electron chi connectivity index (χ2n) is 6.20. The number of nitrogens with zero attached hydrogens (tertiary/aromatic N) is 1. The molecule has 0 aliphatic carbocycles. The molecule has 0 fully saturated rings. The van der Waals surface area contributed by atoms with E-state index in [-0.39, 0.29) is 10.7 Å². The van der Waals surface area contributed by atoms with E-state index in [0.29, 0.717) is 17.8 Å². The molecule has 0 atom stereocenters. The third-order valence-electron chi connectivity index (χ3n) is 3.75. The molecule has 1 aromatic heterocycles. The van der Waals surface area contributed by atoms with Gasteiger partial charge in [-0.3, -0.25) is 9.59 Å². The molecule has 1 heterocycles. The molecule has 140 valence electrons. The molecule has 5 nitrogen and oxygen atoms in total. The summed E-state index contributed by atoms with van der Waals surface area (Å²) in [6, 6.07) is 3.98. The van der Waals surface area contributed by atoms with Gasteiger partial charge in [0, 0.05) is 17.5 Å². The predicted octanol–water partition coefficient (Wildman–Crippen LogP) is 3.67. The zero-order chi connectivity index (χ0) is 19.7. The Morgan fingerprint density at radius 2 is 1.92 bits per heavy atom. The largest absolute Gasteiger partial charge is 0.416 e. The number of halogens is 4. The fourth-order valence-corrected chi connectivity index (χ4v) is 2.82. The lowest BCUT2D eigenvalue weighted by molar-refractivity contribution is -0.137. The summed E-state index contributed by atoms with van der Waals surface area (Å²) in [7, 11) is 0. The number of nitrogens with one attached hydrogen (secondary N) is 2. The van der Waals surface area contributed by atoms with Crippen LogP contribution in [0.25, 0.3) is 0 Å². The van der Waals surface area contributed by atoms with Crippen molar-refractivity contribution in [2.24, 2.45) is 0 Å². The van der Waals surface area contributed by atoms with Gasteiger partial charge in [0.05, 0.1) is 11.1 Å². The van der Waals surface area contributed by atoms with E-state index in [1.165, 1.54) is 6.07 Å². The molecule has 0 bridgehead atoms. The van der Waals surface area contributed by atoms with Crippen LogP contribution in [0.5, 0.6) is 0 Å². The van der Waals surface area contributed by atoms with E-state index in [1.54, 1.807) is 20.8 Å². The van der Waals surface area contributed by atoms with Crippen LogP contribution in [0, 0.1) is 0 Å². The van der Waals surface area contributed by atoms with Gasteiger partial charge in [0.15, 0.2) is 0 Å². The van der Waals surface area contributed by atoms with Crippen LogP contribution in [0.3, 0.4) is 0 Å². The summed E-state index contributed by atoms with van der Waals surface area (Å²) in [6.07, 6.45) is -4.08. The molecule has 0 aliphatic heterocycles. The highest BCUT2D eigenvalue weighted by atomic mass is 35.5. The van der Waals surface area contributed by atoms with Gasteiger partial charge in [0.2, 0.25) is 0 Å². The van der Waals surface area contributed by atoms with Crippen molar-refractivity contribution >= 4 is 17.5 Å². The molecule has 0 radical (unpaired) electrons.